The van der Waals surface area contributed by atoms with Gasteiger partial charge in [-0.05, 0) is 12.5 Å². The van der Waals surface area contributed by atoms with Gasteiger partial charge in [-0.25, -0.2) is 4.79 Å². The summed E-state index contributed by atoms with van der Waals surface area (Å²) >= 11 is 0. The summed E-state index contributed by atoms with van der Waals surface area (Å²) in [7, 11) is -3.55. The number of aromatic amines is 1. The Hall–Kier alpha value is -2.90. The van der Waals surface area contributed by atoms with Gasteiger partial charge in [0.1, 0.15) is 17.9 Å². The molecule has 0 spiro atoms. The first kappa shape index (κ1) is 18.9. The Labute approximate surface area is 153 Å². The van der Waals surface area contributed by atoms with Gasteiger partial charge in [-0.2, -0.15) is 13.5 Å². The number of anilines is 1. The SMILES string of the molecule is CC1=C[C@@H](C(=O)N(C)c2cc(=O)c(O)c[nH]2)N2C[C@@H]1N(OS(=O)(=O)O)C2=O. The van der Waals surface area contributed by atoms with Gasteiger partial charge in [-0.15, -0.1) is 4.28 Å². The highest BCUT2D eigenvalue weighted by Gasteiger charge is 2.49. The minimum Gasteiger partial charge on any atom is -0.503 e. The number of aromatic nitrogens is 1. The minimum absolute atomic E-state index is 0.0208. The van der Waals surface area contributed by atoms with E-state index < -0.39 is 45.6 Å². The van der Waals surface area contributed by atoms with Crippen LogP contribution in [0, 0.1) is 0 Å². The third-order valence-electron chi connectivity index (χ3n) is 4.37. The molecule has 27 heavy (non-hydrogen) atoms. The largest absolute Gasteiger partial charge is 0.503 e. The lowest BCUT2D eigenvalue weighted by Gasteiger charge is -2.30. The van der Waals surface area contributed by atoms with E-state index in [9.17, 15) is 27.9 Å². The molecule has 2 aliphatic rings. The standard InChI is InChI=1S/C14H16N4O8S/c1-7-3-8(13(21)16(2)12-4-10(19)11(20)5-15-12)17-6-9(7)18(14(17)22)26-27(23,24)25/h3-5,8-9,20H,6H2,1-2H3,(H,15,19)(H,23,24,25)/t8-,9-/m0/s1. The van der Waals surface area contributed by atoms with E-state index in [1.54, 1.807) is 6.92 Å². The molecular formula is C14H16N4O8S. The van der Waals surface area contributed by atoms with Crippen LogP contribution in [0.3, 0.4) is 0 Å². The maximum atomic E-state index is 12.8. The van der Waals surface area contributed by atoms with Crippen molar-refractivity contribution in [3.05, 3.63) is 34.1 Å². The number of carbonyl (C=O) groups excluding carboxylic acids is 2. The molecule has 3 N–H and O–H groups in total. The molecule has 2 atom stereocenters. The smallest absolute Gasteiger partial charge is 0.418 e. The van der Waals surface area contributed by atoms with Gasteiger partial charge in [0.05, 0.1) is 6.54 Å². The maximum Gasteiger partial charge on any atom is 0.418 e. The molecule has 0 saturated carbocycles. The normalized spacial score (nSPS) is 22.0. The van der Waals surface area contributed by atoms with Crippen LogP contribution in [0.25, 0.3) is 0 Å². The second-order valence-electron chi connectivity index (χ2n) is 6.10. The zero-order valence-electron chi connectivity index (χ0n) is 14.2. The monoisotopic (exact) mass is 400 g/mol. The summed E-state index contributed by atoms with van der Waals surface area (Å²) in [5.74, 6) is -1.01. The fourth-order valence-electron chi connectivity index (χ4n) is 2.96. The molecule has 0 aromatic carbocycles. The number of amides is 3. The van der Waals surface area contributed by atoms with Crippen LogP contribution in [-0.2, 0) is 19.5 Å². The van der Waals surface area contributed by atoms with Crippen molar-refractivity contribution in [1.82, 2.24) is 14.9 Å². The third kappa shape index (κ3) is 3.39. The summed E-state index contributed by atoms with van der Waals surface area (Å²) in [5, 5.41) is 9.79. The minimum atomic E-state index is -4.92. The lowest BCUT2D eigenvalue weighted by atomic mass is 10.0. The van der Waals surface area contributed by atoms with Gasteiger partial charge in [0.2, 0.25) is 5.43 Å². The molecule has 146 valence electrons. The Bertz CT molecular complexity index is 1000. The molecule has 2 bridgehead atoms. The van der Waals surface area contributed by atoms with Crippen molar-refractivity contribution < 1.29 is 31.9 Å². The average molecular weight is 400 g/mol. The van der Waals surface area contributed by atoms with Crippen molar-refractivity contribution in [3.8, 4) is 5.75 Å². The molecule has 12 nitrogen and oxygen atoms in total. The summed E-state index contributed by atoms with van der Waals surface area (Å²) in [4.78, 5) is 41.6. The lowest BCUT2D eigenvalue weighted by molar-refractivity contribution is -0.121. The molecule has 1 aromatic heterocycles. The number of H-pyrrole nitrogens is 1. The molecule has 0 radical (unpaired) electrons. The maximum absolute atomic E-state index is 12.8. The molecule has 1 aromatic rings. The van der Waals surface area contributed by atoms with E-state index in [1.807, 2.05) is 0 Å². The molecule has 3 heterocycles. The predicted molar refractivity (Wildman–Crippen MR) is 90.0 cm³/mol. The number of urea groups is 1. The van der Waals surface area contributed by atoms with Crippen molar-refractivity contribution in [2.24, 2.45) is 0 Å². The van der Waals surface area contributed by atoms with Crippen LogP contribution >= 0.6 is 0 Å². The number of carbonyl (C=O) groups is 2. The zero-order valence-corrected chi connectivity index (χ0v) is 15.0. The number of hydroxylamine groups is 2. The number of fused-ring (bicyclic) bond motifs is 2. The van der Waals surface area contributed by atoms with Crippen LogP contribution in [0.1, 0.15) is 6.92 Å². The first-order chi connectivity index (χ1) is 12.5. The van der Waals surface area contributed by atoms with Gasteiger partial charge in [0.15, 0.2) is 5.75 Å². The van der Waals surface area contributed by atoms with Crippen LogP contribution in [0.2, 0.25) is 0 Å². The van der Waals surface area contributed by atoms with Crippen LogP contribution in [0.4, 0.5) is 10.6 Å². The first-order valence-corrected chi connectivity index (χ1v) is 9.00. The first-order valence-electron chi connectivity index (χ1n) is 7.64. The molecule has 1 saturated heterocycles. The van der Waals surface area contributed by atoms with Gasteiger partial charge >= 0.3 is 16.4 Å². The average Bonchev–Trinajstić information content (AvgIpc) is 2.85. The number of rotatable bonds is 4. The highest BCUT2D eigenvalue weighted by molar-refractivity contribution is 7.80. The Morgan fingerprint density at radius 3 is 2.67 bits per heavy atom. The summed E-state index contributed by atoms with van der Waals surface area (Å²) in [6.45, 7) is 1.57. The summed E-state index contributed by atoms with van der Waals surface area (Å²) in [6, 6.07) is -1.74. The highest BCUT2D eigenvalue weighted by atomic mass is 32.3. The van der Waals surface area contributed by atoms with E-state index in [1.165, 1.54) is 13.1 Å². The number of hydrogen-bond acceptors (Lipinski definition) is 7. The van der Waals surface area contributed by atoms with Crippen LogP contribution < -0.4 is 10.3 Å². The van der Waals surface area contributed by atoms with Crippen molar-refractivity contribution in [2.75, 3.05) is 18.5 Å². The van der Waals surface area contributed by atoms with Gasteiger partial charge in [0, 0.05) is 19.3 Å². The van der Waals surface area contributed by atoms with E-state index in [2.05, 4.69) is 9.27 Å². The Morgan fingerprint density at radius 2 is 2.07 bits per heavy atom. The number of nitrogens with zero attached hydrogens (tertiary/aromatic N) is 3. The molecule has 1 fully saturated rings. The van der Waals surface area contributed by atoms with Crippen LogP contribution in [-0.4, -0.2) is 70.6 Å². The Kier molecular flexibility index (Phi) is 4.45. The van der Waals surface area contributed by atoms with Gasteiger partial charge in [-0.3, -0.25) is 19.0 Å². The fraction of sp³-hybridized carbons (Fsp3) is 0.357. The van der Waals surface area contributed by atoms with Crippen LogP contribution in [0.5, 0.6) is 5.75 Å². The number of aromatic hydroxyl groups is 1. The topological polar surface area (TPSA) is 161 Å². The van der Waals surface area contributed by atoms with Crippen LogP contribution in [0.15, 0.2) is 28.7 Å². The summed E-state index contributed by atoms with van der Waals surface area (Å²) in [5.41, 5.74) is -0.199. The quantitative estimate of drug-likeness (QED) is 0.438. The van der Waals surface area contributed by atoms with E-state index in [0.29, 0.717) is 10.6 Å². The van der Waals surface area contributed by atoms with E-state index >= 15 is 0 Å². The zero-order chi connectivity index (χ0) is 20.1. The molecule has 3 amide bonds. The van der Waals surface area contributed by atoms with Crippen molar-refractivity contribution in [3.63, 3.8) is 0 Å². The number of likely N-dealkylation sites (N-methyl/N-ethyl adjacent to an activating group) is 1. The lowest BCUT2D eigenvalue weighted by Crippen LogP contribution is -2.49. The van der Waals surface area contributed by atoms with E-state index in [4.69, 9.17) is 4.55 Å². The van der Waals surface area contributed by atoms with Gasteiger partial charge in [0.25, 0.3) is 5.91 Å². The van der Waals surface area contributed by atoms with Crippen molar-refractivity contribution in [1.29, 1.82) is 0 Å². The molecule has 0 unspecified atom stereocenters. The second kappa shape index (κ2) is 6.37. The Balaban J connectivity index is 1.88. The molecule has 0 aliphatic carbocycles. The number of nitrogens with one attached hydrogen (secondary N) is 1. The van der Waals surface area contributed by atoms with Crippen molar-refractivity contribution in [2.45, 2.75) is 19.0 Å². The van der Waals surface area contributed by atoms with E-state index in [-0.39, 0.29) is 12.4 Å². The molecule has 13 heteroatoms. The van der Waals surface area contributed by atoms with E-state index in [0.717, 1.165) is 22.1 Å². The van der Waals surface area contributed by atoms with Gasteiger partial charge in [-0.1, -0.05) is 6.08 Å². The number of pyridine rings is 1. The molecular weight excluding hydrogens is 384 g/mol. The number of hydrogen-bond donors (Lipinski definition) is 3. The summed E-state index contributed by atoms with van der Waals surface area (Å²) in [6.07, 6.45) is 2.50. The highest BCUT2D eigenvalue weighted by Crippen LogP contribution is 2.31. The summed E-state index contributed by atoms with van der Waals surface area (Å²) < 4.78 is 35.1. The second-order valence-corrected chi connectivity index (χ2v) is 7.10. The Morgan fingerprint density at radius 1 is 1.41 bits per heavy atom. The third-order valence-corrected chi connectivity index (χ3v) is 4.71. The molecule has 2 aliphatic heterocycles. The fourth-order valence-corrected chi connectivity index (χ4v) is 3.33. The van der Waals surface area contributed by atoms with Crippen molar-refractivity contribution >= 4 is 28.2 Å². The van der Waals surface area contributed by atoms with Gasteiger partial charge < -0.3 is 15.0 Å². The molecule has 3 rings (SSSR count). The predicted octanol–water partition coefficient (Wildman–Crippen LogP) is -0.788.